The van der Waals surface area contributed by atoms with Gasteiger partial charge in [0, 0.05) is 17.4 Å². The summed E-state index contributed by atoms with van der Waals surface area (Å²) in [5.41, 5.74) is 1.27. The Hall–Kier alpha value is -2.10. The van der Waals surface area contributed by atoms with Crippen LogP contribution in [0.15, 0.2) is 42.5 Å². The number of methoxy groups -OCH3 is 1. The summed E-state index contributed by atoms with van der Waals surface area (Å²) in [6.45, 7) is 0. The maximum Gasteiger partial charge on any atom is 0.160 e. The minimum Gasteiger partial charge on any atom is -0.497 e. The van der Waals surface area contributed by atoms with Crippen LogP contribution in [0.25, 0.3) is 0 Å². The van der Waals surface area contributed by atoms with E-state index in [4.69, 9.17) is 4.74 Å². The van der Waals surface area contributed by atoms with Crippen LogP contribution in [-0.4, -0.2) is 7.11 Å². The number of rotatable bonds is 3. The number of halogens is 2. The highest BCUT2D eigenvalue weighted by atomic mass is 19.2. The Bertz CT molecular complexity index is 511. The maximum atomic E-state index is 13.0. The van der Waals surface area contributed by atoms with Crippen LogP contribution in [-0.2, 0) is 0 Å². The van der Waals surface area contributed by atoms with Crippen molar-refractivity contribution in [2.75, 3.05) is 12.4 Å². The Morgan fingerprint density at radius 2 is 1.53 bits per heavy atom. The molecule has 0 unspecified atom stereocenters. The summed E-state index contributed by atoms with van der Waals surface area (Å²) in [6, 6.07) is 10.8. The van der Waals surface area contributed by atoms with Gasteiger partial charge in [-0.1, -0.05) is 0 Å². The van der Waals surface area contributed by atoms with Crippen molar-refractivity contribution in [1.82, 2.24) is 0 Å². The molecule has 0 amide bonds. The van der Waals surface area contributed by atoms with Crippen LogP contribution >= 0.6 is 0 Å². The molecule has 88 valence electrons. The van der Waals surface area contributed by atoms with Crippen LogP contribution in [0, 0.1) is 11.6 Å². The average Bonchev–Trinajstić information content (AvgIpc) is 2.35. The van der Waals surface area contributed by atoms with E-state index in [9.17, 15) is 8.78 Å². The van der Waals surface area contributed by atoms with E-state index in [1.807, 2.05) is 0 Å². The van der Waals surface area contributed by atoms with Gasteiger partial charge in [-0.05, 0) is 36.4 Å². The van der Waals surface area contributed by atoms with Crippen molar-refractivity contribution in [3.63, 3.8) is 0 Å². The Kier molecular flexibility index (Phi) is 3.23. The summed E-state index contributed by atoms with van der Waals surface area (Å²) in [6.07, 6.45) is 0. The quantitative estimate of drug-likeness (QED) is 0.875. The number of hydrogen-bond acceptors (Lipinski definition) is 2. The molecule has 2 rings (SSSR count). The van der Waals surface area contributed by atoms with Gasteiger partial charge >= 0.3 is 0 Å². The van der Waals surface area contributed by atoms with Crippen molar-refractivity contribution >= 4 is 11.4 Å². The fraction of sp³-hybridized carbons (Fsp3) is 0.0769. The first kappa shape index (κ1) is 11.4. The van der Waals surface area contributed by atoms with Gasteiger partial charge in [-0.2, -0.15) is 0 Å². The van der Waals surface area contributed by atoms with Crippen molar-refractivity contribution < 1.29 is 13.5 Å². The molecule has 2 aromatic carbocycles. The van der Waals surface area contributed by atoms with Crippen LogP contribution < -0.4 is 10.1 Å². The minimum atomic E-state index is -0.872. The number of benzene rings is 2. The molecule has 0 fully saturated rings. The van der Waals surface area contributed by atoms with E-state index in [1.54, 1.807) is 31.4 Å². The fourth-order valence-corrected chi connectivity index (χ4v) is 1.41. The Morgan fingerprint density at radius 1 is 0.882 bits per heavy atom. The molecule has 0 bridgehead atoms. The molecule has 0 aliphatic heterocycles. The first-order valence-electron chi connectivity index (χ1n) is 5.05. The van der Waals surface area contributed by atoms with Gasteiger partial charge in [0.2, 0.25) is 0 Å². The van der Waals surface area contributed by atoms with Gasteiger partial charge in [0.15, 0.2) is 11.6 Å². The van der Waals surface area contributed by atoms with Crippen LogP contribution in [0.4, 0.5) is 20.2 Å². The topological polar surface area (TPSA) is 21.3 Å². The highest BCUT2D eigenvalue weighted by molar-refractivity contribution is 5.60. The van der Waals surface area contributed by atoms with E-state index >= 15 is 0 Å². The van der Waals surface area contributed by atoms with E-state index in [-0.39, 0.29) is 0 Å². The molecule has 2 nitrogen and oxygen atoms in total. The van der Waals surface area contributed by atoms with E-state index < -0.39 is 11.6 Å². The number of hydrogen-bond donors (Lipinski definition) is 1. The SMILES string of the molecule is COc1ccc(Nc2ccc(F)c(F)c2)cc1. The smallest absolute Gasteiger partial charge is 0.160 e. The average molecular weight is 235 g/mol. The fourth-order valence-electron chi connectivity index (χ4n) is 1.41. The predicted molar refractivity (Wildman–Crippen MR) is 62.6 cm³/mol. The molecule has 0 saturated carbocycles. The second-order valence-electron chi connectivity index (χ2n) is 3.48. The molecule has 2 aromatic rings. The largest absolute Gasteiger partial charge is 0.497 e. The summed E-state index contributed by atoms with van der Waals surface area (Å²) in [4.78, 5) is 0. The lowest BCUT2D eigenvalue weighted by Crippen LogP contribution is -1.92. The zero-order valence-corrected chi connectivity index (χ0v) is 9.21. The van der Waals surface area contributed by atoms with Crippen LogP contribution in [0.3, 0.4) is 0 Å². The molecule has 0 aliphatic carbocycles. The maximum absolute atomic E-state index is 13.0. The van der Waals surface area contributed by atoms with Crippen molar-refractivity contribution in [1.29, 1.82) is 0 Å². The lowest BCUT2D eigenvalue weighted by molar-refractivity contribution is 0.415. The van der Waals surface area contributed by atoms with Gasteiger partial charge in [-0.15, -0.1) is 0 Å². The molecule has 0 radical (unpaired) electrons. The summed E-state index contributed by atoms with van der Waals surface area (Å²) in [5.74, 6) is -0.991. The van der Waals surface area contributed by atoms with Crippen molar-refractivity contribution in [3.05, 3.63) is 54.1 Å². The standard InChI is InChI=1S/C13H11F2NO/c1-17-11-5-2-9(3-6-11)16-10-4-7-12(14)13(15)8-10/h2-8,16H,1H3. The predicted octanol–water partition coefficient (Wildman–Crippen LogP) is 3.72. The zero-order valence-electron chi connectivity index (χ0n) is 9.21. The first-order chi connectivity index (χ1) is 8.19. The molecule has 0 saturated heterocycles. The molecule has 17 heavy (non-hydrogen) atoms. The third kappa shape index (κ3) is 2.72. The lowest BCUT2D eigenvalue weighted by atomic mass is 10.2. The van der Waals surface area contributed by atoms with Gasteiger partial charge in [-0.3, -0.25) is 0 Å². The summed E-state index contributed by atoms with van der Waals surface area (Å²) in [5, 5.41) is 2.96. The van der Waals surface area contributed by atoms with Gasteiger partial charge in [0.1, 0.15) is 5.75 Å². The molecule has 4 heteroatoms. The minimum absolute atomic E-state index is 0.495. The molecule has 0 atom stereocenters. The summed E-state index contributed by atoms with van der Waals surface area (Å²) >= 11 is 0. The van der Waals surface area contributed by atoms with Crippen LogP contribution in [0.2, 0.25) is 0 Å². The second kappa shape index (κ2) is 4.82. The van der Waals surface area contributed by atoms with Gasteiger partial charge in [0.25, 0.3) is 0 Å². The molecule has 0 heterocycles. The monoisotopic (exact) mass is 235 g/mol. The Labute approximate surface area is 97.8 Å². The summed E-state index contributed by atoms with van der Waals surface area (Å²) in [7, 11) is 1.58. The third-order valence-corrected chi connectivity index (χ3v) is 2.30. The third-order valence-electron chi connectivity index (χ3n) is 2.30. The molecular weight excluding hydrogens is 224 g/mol. The van der Waals surface area contributed by atoms with E-state index in [1.165, 1.54) is 6.07 Å². The Morgan fingerprint density at radius 3 is 2.12 bits per heavy atom. The number of anilines is 2. The first-order valence-corrected chi connectivity index (χ1v) is 5.05. The highest BCUT2D eigenvalue weighted by Gasteiger charge is 2.02. The second-order valence-corrected chi connectivity index (χ2v) is 3.48. The van der Waals surface area contributed by atoms with Gasteiger partial charge in [0.05, 0.1) is 7.11 Å². The molecule has 0 aromatic heterocycles. The highest BCUT2D eigenvalue weighted by Crippen LogP contribution is 2.21. The van der Waals surface area contributed by atoms with E-state index in [0.29, 0.717) is 5.69 Å². The van der Waals surface area contributed by atoms with Gasteiger partial charge < -0.3 is 10.1 Å². The lowest BCUT2D eigenvalue weighted by Gasteiger charge is -2.07. The molecular formula is C13H11F2NO. The van der Waals surface area contributed by atoms with Crippen molar-refractivity contribution in [2.45, 2.75) is 0 Å². The number of nitrogens with one attached hydrogen (secondary N) is 1. The molecule has 0 spiro atoms. The Balaban J connectivity index is 2.16. The normalized spacial score (nSPS) is 10.1. The van der Waals surface area contributed by atoms with Gasteiger partial charge in [-0.25, -0.2) is 8.78 Å². The zero-order chi connectivity index (χ0) is 12.3. The van der Waals surface area contributed by atoms with E-state index in [2.05, 4.69) is 5.32 Å². The van der Waals surface area contributed by atoms with Crippen LogP contribution in [0.1, 0.15) is 0 Å². The molecule has 0 aliphatic rings. The van der Waals surface area contributed by atoms with Crippen molar-refractivity contribution in [3.8, 4) is 5.75 Å². The summed E-state index contributed by atoms with van der Waals surface area (Å²) < 4.78 is 30.7. The van der Waals surface area contributed by atoms with Crippen molar-refractivity contribution in [2.24, 2.45) is 0 Å². The number of ether oxygens (including phenoxy) is 1. The molecule has 1 N–H and O–H groups in total. The van der Waals surface area contributed by atoms with E-state index in [0.717, 1.165) is 23.6 Å². The van der Waals surface area contributed by atoms with Crippen LogP contribution in [0.5, 0.6) is 5.75 Å².